The zero-order valence-corrected chi connectivity index (χ0v) is 15.9. The van der Waals surface area contributed by atoms with E-state index in [1.165, 1.54) is 6.08 Å². The summed E-state index contributed by atoms with van der Waals surface area (Å²) in [5.74, 6) is -0.720. The van der Waals surface area contributed by atoms with Crippen molar-refractivity contribution >= 4 is 29.7 Å². The van der Waals surface area contributed by atoms with Gasteiger partial charge >= 0.3 is 0 Å². The Balaban J connectivity index is 2.17. The van der Waals surface area contributed by atoms with Gasteiger partial charge in [-0.2, -0.15) is 0 Å². The molecule has 0 saturated carbocycles. The number of nitrogens with one attached hydrogen (secondary N) is 1. The molecule has 6 heteroatoms. The molecule has 0 unspecified atom stereocenters. The van der Waals surface area contributed by atoms with E-state index in [2.05, 4.69) is 16.5 Å². The summed E-state index contributed by atoms with van der Waals surface area (Å²) in [6.45, 7) is 5.59. The Hall–Kier alpha value is -3.28. The van der Waals surface area contributed by atoms with Gasteiger partial charge in [-0.3, -0.25) is 15.0 Å². The van der Waals surface area contributed by atoms with Crippen molar-refractivity contribution in [3.63, 3.8) is 0 Å². The lowest BCUT2D eigenvalue weighted by Gasteiger charge is -2.14. The third kappa shape index (κ3) is 3.71. The van der Waals surface area contributed by atoms with Crippen LogP contribution in [0.25, 0.3) is 34.5 Å². The fourth-order valence-electron chi connectivity index (χ4n) is 2.92. The molecule has 0 atom stereocenters. The predicted molar refractivity (Wildman–Crippen MR) is 112 cm³/mol. The summed E-state index contributed by atoms with van der Waals surface area (Å²) in [6, 6.07) is 11.5. The second-order valence-electron chi connectivity index (χ2n) is 5.91. The van der Waals surface area contributed by atoms with Crippen LogP contribution in [0.15, 0.2) is 61.4 Å². The molecule has 0 fully saturated rings. The number of halogens is 1. The van der Waals surface area contributed by atoms with Gasteiger partial charge in [-0.05, 0) is 36.3 Å². The molecule has 0 aliphatic rings. The van der Waals surface area contributed by atoms with Crippen molar-refractivity contribution in [3.05, 3.63) is 83.3 Å². The second-order valence-corrected chi connectivity index (χ2v) is 6.28. The van der Waals surface area contributed by atoms with Gasteiger partial charge in [0.1, 0.15) is 0 Å². The van der Waals surface area contributed by atoms with E-state index >= 15 is 0 Å². The third-order valence-electron chi connectivity index (χ3n) is 4.23. The monoisotopic (exact) mass is 391 g/mol. The summed E-state index contributed by atoms with van der Waals surface area (Å²) in [5, 5.41) is 9.29. The fraction of sp³-hybridized carbons (Fsp3) is 0.0455. The molecule has 0 aliphatic heterocycles. The van der Waals surface area contributed by atoms with Gasteiger partial charge in [-0.15, -0.1) is 0 Å². The van der Waals surface area contributed by atoms with Crippen LogP contribution in [0.5, 0.6) is 0 Å². The Morgan fingerprint density at radius 1 is 1.11 bits per heavy atom. The smallest absolute Gasteiger partial charge is 0.276 e. The number of pyridine rings is 2. The fourth-order valence-corrected chi connectivity index (χ4v) is 3.26. The van der Waals surface area contributed by atoms with E-state index in [9.17, 15) is 4.79 Å². The maximum absolute atomic E-state index is 12.2. The molecule has 0 saturated heterocycles. The highest BCUT2D eigenvalue weighted by Crippen LogP contribution is 2.34. The maximum atomic E-state index is 12.2. The number of hydroxylamine groups is 1. The van der Waals surface area contributed by atoms with E-state index in [0.717, 1.165) is 16.7 Å². The minimum atomic E-state index is -0.720. The first kappa shape index (κ1) is 19.5. The van der Waals surface area contributed by atoms with Crippen molar-refractivity contribution in [2.24, 2.45) is 0 Å². The zero-order chi connectivity index (χ0) is 20.1. The first-order chi connectivity index (χ1) is 13.6. The second kappa shape index (κ2) is 8.61. The zero-order valence-electron chi connectivity index (χ0n) is 15.2. The van der Waals surface area contributed by atoms with Gasteiger partial charge < -0.3 is 0 Å². The van der Waals surface area contributed by atoms with Gasteiger partial charge in [0.25, 0.3) is 5.91 Å². The van der Waals surface area contributed by atoms with Gasteiger partial charge in [0.05, 0.1) is 22.0 Å². The summed E-state index contributed by atoms with van der Waals surface area (Å²) in [7, 11) is 0. The molecule has 3 aromatic rings. The van der Waals surface area contributed by atoms with Crippen LogP contribution in [0.2, 0.25) is 5.02 Å². The normalized spacial score (nSPS) is 10.8. The molecule has 0 spiro atoms. The van der Waals surface area contributed by atoms with Crippen LogP contribution in [0.4, 0.5) is 0 Å². The Morgan fingerprint density at radius 2 is 1.71 bits per heavy atom. The number of carbonyl (C=O) groups is 1. The molecule has 0 aliphatic carbocycles. The van der Waals surface area contributed by atoms with Crippen LogP contribution in [0, 0.1) is 0 Å². The van der Waals surface area contributed by atoms with Gasteiger partial charge in [-0.25, -0.2) is 10.5 Å². The van der Waals surface area contributed by atoms with E-state index in [1.54, 1.807) is 30.0 Å². The largest absolute Gasteiger partial charge is 0.288 e. The molecule has 0 radical (unpaired) electrons. The van der Waals surface area contributed by atoms with E-state index in [0.29, 0.717) is 17.0 Å². The minimum Gasteiger partial charge on any atom is -0.288 e. The summed E-state index contributed by atoms with van der Waals surface area (Å²) < 4.78 is 0. The number of nitrogens with zero attached hydrogens (tertiary/aromatic N) is 2. The molecule has 5 nitrogen and oxygen atoms in total. The molecule has 0 bridgehead atoms. The molecule has 1 aromatic carbocycles. The SMILES string of the molecule is C=Cc1c(/C=C\C)nc(-c2ccc(-c3ccncc3)cc2)c(Cl)c1C(=O)NO. The highest BCUT2D eigenvalue weighted by Gasteiger charge is 2.22. The van der Waals surface area contributed by atoms with Gasteiger partial charge in [0.2, 0.25) is 0 Å². The lowest BCUT2D eigenvalue weighted by Crippen LogP contribution is -2.21. The van der Waals surface area contributed by atoms with Crippen LogP contribution in [-0.4, -0.2) is 21.1 Å². The first-order valence-corrected chi connectivity index (χ1v) is 8.92. The highest BCUT2D eigenvalue weighted by molar-refractivity contribution is 6.36. The van der Waals surface area contributed by atoms with Gasteiger partial charge in [0.15, 0.2) is 0 Å². The summed E-state index contributed by atoms with van der Waals surface area (Å²) >= 11 is 6.52. The molecule has 3 rings (SSSR count). The Kier molecular flexibility index (Phi) is 5.99. The number of carbonyl (C=O) groups excluding carboxylic acids is 1. The number of aromatic nitrogens is 2. The van der Waals surface area contributed by atoms with Crippen molar-refractivity contribution in [2.45, 2.75) is 6.92 Å². The standard InChI is InChI=1S/C22H18ClN3O2/c1-3-5-18-17(4-2)19(22(27)26-28)20(23)21(25-18)16-8-6-14(7-9-16)15-10-12-24-13-11-15/h3-13,28H,2H2,1H3,(H,26,27)/b5-3-. The first-order valence-electron chi connectivity index (χ1n) is 8.54. The van der Waals surface area contributed by atoms with E-state index in [1.807, 2.05) is 43.3 Å². The van der Waals surface area contributed by atoms with Crippen molar-refractivity contribution < 1.29 is 10.0 Å². The lowest BCUT2D eigenvalue weighted by atomic mass is 9.99. The van der Waals surface area contributed by atoms with Crippen LogP contribution < -0.4 is 5.48 Å². The molecular weight excluding hydrogens is 374 g/mol. The number of allylic oxidation sites excluding steroid dienone is 1. The molecule has 28 heavy (non-hydrogen) atoms. The third-order valence-corrected chi connectivity index (χ3v) is 4.60. The van der Waals surface area contributed by atoms with Crippen molar-refractivity contribution in [2.75, 3.05) is 0 Å². The Bertz CT molecular complexity index is 1050. The molecule has 140 valence electrons. The average molecular weight is 392 g/mol. The van der Waals surface area contributed by atoms with Crippen molar-refractivity contribution in [1.82, 2.24) is 15.4 Å². The predicted octanol–water partition coefficient (Wildman–Crippen LogP) is 5.26. The lowest BCUT2D eigenvalue weighted by molar-refractivity contribution is 0.0706. The number of rotatable bonds is 5. The van der Waals surface area contributed by atoms with E-state index in [4.69, 9.17) is 16.8 Å². The topological polar surface area (TPSA) is 75.1 Å². The summed E-state index contributed by atoms with van der Waals surface area (Å²) in [6.07, 6.45) is 8.53. The number of amides is 1. The average Bonchev–Trinajstić information content (AvgIpc) is 2.75. The van der Waals surface area contributed by atoms with Crippen molar-refractivity contribution in [1.29, 1.82) is 0 Å². The van der Waals surface area contributed by atoms with E-state index < -0.39 is 5.91 Å². The number of benzene rings is 1. The number of hydrogen-bond acceptors (Lipinski definition) is 4. The van der Waals surface area contributed by atoms with Gasteiger partial charge in [0, 0.05) is 23.5 Å². The summed E-state index contributed by atoms with van der Waals surface area (Å²) in [4.78, 5) is 20.9. The molecular formula is C22H18ClN3O2. The van der Waals surface area contributed by atoms with Crippen LogP contribution in [0.1, 0.15) is 28.5 Å². The maximum Gasteiger partial charge on any atom is 0.276 e. The molecule has 2 N–H and O–H groups in total. The Labute approximate surface area is 168 Å². The molecule has 1 amide bonds. The van der Waals surface area contributed by atoms with Gasteiger partial charge in [-0.1, -0.05) is 54.6 Å². The van der Waals surface area contributed by atoms with E-state index in [-0.39, 0.29) is 10.6 Å². The van der Waals surface area contributed by atoms with Crippen molar-refractivity contribution in [3.8, 4) is 22.4 Å². The van der Waals surface area contributed by atoms with Crippen LogP contribution in [-0.2, 0) is 0 Å². The molecule has 2 aromatic heterocycles. The van der Waals surface area contributed by atoms with Crippen LogP contribution in [0.3, 0.4) is 0 Å². The minimum absolute atomic E-state index is 0.121. The Morgan fingerprint density at radius 3 is 2.29 bits per heavy atom. The number of hydrogen-bond donors (Lipinski definition) is 2. The van der Waals surface area contributed by atoms with Crippen LogP contribution >= 0.6 is 11.6 Å². The summed E-state index contributed by atoms with van der Waals surface area (Å²) in [5.41, 5.74) is 6.00. The quantitative estimate of drug-likeness (QED) is 0.459. The molecule has 2 heterocycles. The highest BCUT2D eigenvalue weighted by atomic mass is 35.5.